The van der Waals surface area contributed by atoms with E-state index in [1.54, 1.807) is 6.92 Å². The van der Waals surface area contributed by atoms with Gasteiger partial charge in [0, 0.05) is 47.7 Å². The first-order chi connectivity index (χ1) is 14.0. The predicted octanol–water partition coefficient (Wildman–Crippen LogP) is 4.95. The summed E-state index contributed by atoms with van der Waals surface area (Å²) in [7, 11) is 0. The van der Waals surface area contributed by atoms with Crippen molar-refractivity contribution in [3.63, 3.8) is 0 Å². The van der Waals surface area contributed by atoms with Gasteiger partial charge < -0.3 is 15.0 Å². The topological polar surface area (TPSA) is 44.8 Å². The highest BCUT2D eigenvalue weighted by atomic mass is 79.9. The Morgan fingerprint density at radius 2 is 1.74 bits per heavy atom. The van der Waals surface area contributed by atoms with Crippen molar-refractivity contribution in [2.45, 2.75) is 25.7 Å². The lowest BCUT2D eigenvalue weighted by Gasteiger charge is -2.45. The van der Waals surface area contributed by atoms with Crippen LogP contribution < -0.4 is 10.2 Å². The minimum atomic E-state index is -0.0929. The van der Waals surface area contributed by atoms with Crippen molar-refractivity contribution in [2.75, 3.05) is 37.6 Å². The van der Waals surface area contributed by atoms with Crippen molar-refractivity contribution >= 4 is 68.3 Å². The number of nitrogens with one attached hydrogen (secondary N) is 1. The first-order valence-corrected chi connectivity index (χ1v) is 11.5. The molecule has 9 heteroatoms. The van der Waals surface area contributed by atoms with Gasteiger partial charge in [0.05, 0.1) is 25.3 Å². The molecule has 0 bridgehead atoms. The Morgan fingerprint density at radius 1 is 1.10 bits per heavy atom. The second-order valence-corrected chi connectivity index (χ2v) is 9.38. The number of para-hydroxylation sites is 1. The second kappa shape index (κ2) is 12.0. The average Bonchev–Trinajstić information content (AvgIpc) is 2.71. The SMILES string of the molecule is CC(=O)N1C[C@@H](OCc2cc(Br)cc(Br)c2)[C@@H](N2CCNCC2)c2ccccc21.Cl.Cl. The summed E-state index contributed by atoms with van der Waals surface area (Å²) >= 11 is 7.10. The van der Waals surface area contributed by atoms with Gasteiger partial charge in [0.2, 0.25) is 5.91 Å². The van der Waals surface area contributed by atoms with Crippen LogP contribution in [0, 0.1) is 0 Å². The molecule has 5 nitrogen and oxygen atoms in total. The van der Waals surface area contributed by atoms with Crippen LogP contribution in [0.25, 0.3) is 0 Å². The third-order valence-electron chi connectivity index (χ3n) is 5.57. The Morgan fingerprint density at radius 3 is 2.39 bits per heavy atom. The molecule has 1 fully saturated rings. The van der Waals surface area contributed by atoms with Crippen LogP contribution in [0.5, 0.6) is 0 Å². The highest BCUT2D eigenvalue weighted by Crippen LogP contribution is 2.39. The van der Waals surface area contributed by atoms with E-state index in [1.165, 1.54) is 5.56 Å². The Labute approximate surface area is 213 Å². The van der Waals surface area contributed by atoms with E-state index in [0.717, 1.165) is 46.4 Å². The number of nitrogens with zero attached hydrogens (tertiary/aromatic N) is 2. The van der Waals surface area contributed by atoms with Crippen molar-refractivity contribution in [1.82, 2.24) is 10.2 Å². The molecule has 1 amide bonds. The molecule has 0 saturated carbocycles. The van der Waals surface area contributed by atoms with E-state index in [0.29, 0.717) is 13.2 Å². The zero-order valence-electron chi connectivity index (χ0n) is 17.2. The normalized spacial score (nSPS) is 20.9. The highest BCUT2D eigenvalue weighted by Gasteiger charge is 2.39. The number of halogens is 4. The molecule has 2 aliphatic heterocycles. The molecule has 1 saturated heterocycles. The van der Waals surface area contributed by atoms with Crippen LogP contribution in [0.15, 0.2) is 51.4 Å². The number of carbonyl (C=O) groups is 1. The summed E-state index contributed by atoms with van der Waals surface area (Å²) in [4.78, 5) is 16.7. The molecule has 2 heterocycles. The molecule has 0 aliphatic carbocycles. The van der Waals surface area contributed by atoms with Crippen LogP contribution in [-0.4, -0.2) is 49.6 Å². The Kier molecular flexibility index (Phi) is 10.3. The molecule has 0 unspecified atom stereocenters. The van der Waals surface area contributed by atoms with Gasteiger partial charge in [0.25, 0.3) is 0 Å². The lowest BCUT2D eigenvalue weighted by molar-refractivity contribution is -0.117. The van der Waals surface area contributed by atoms with Crippen LogP contribution in [0.1, 0.15) is 24.1 Å². The van der Waals surface area contributed by atoms with Gasteiger partial charge in [-0.2, -0.15) is 0 Å². The van der Waals surface area contributed by atoms with Crippen LogP contribution in [-0.2, 0) is 16.1 Å². The second-order valence-electron chi connectivity index (χ2n) is 7.55. The van der Waals surface area contributed by atoms with E-state index in [9.17, 15) is 4.79 Å². The minimum Gasteiger partial charge on any atom is -0.370 e. The number of amides is 1. The zero-order chi connectivity index (χ0) is 20.4. The Hall–Kier alpha value is -0.670. The third kappa shape index (κ3) is 6.22. The molecule has 170 valence electrons. The van der Waals surface area contributed by atoms with E-state index in [4.69, 9.17) is 4.74 Å². The van der Waals surface area contributed by atoms with E-state index in [-0.39, 0.29) is 42.9 Å². The van der Waals surface area contributed by atoms with Gasteiger partial charge in [-0.05, 0) is 35.4 Å². The van der Waals surface area contributed by atoms with Crippen molar-refractivity contribution in [1.29, 1.82) is 0 Å². The molecule has 0 radical (unpaired) electrons. The molecule has 2 aromatic rings. The molecule has 0 spiro atoms. The molecule has 0 aromatic heterocycles. The average molecular weight is 596 g/mol. The van der Waals surface area contributed by atoms with E-state index in [2.05, 4.69) is 66.3 Å². The number of benzene rings is 2. The molecule has 2 aromatic carbocycles. The summed E-state index contributed by atoms with van der Waals surface area (Å²) in [6.07, 6.45) is -0.0929. The fourth-order valence-electron chi connectivity index (χ4n) is 4.29. The van der Waals surface area contributed by atoms with Gasteiger partial charge in [-0.3, -0.25) is 9.69 Å². The summed E-state index contributed by atoms with van der Waals surface area (Å²) in [6, 6.07) is 14.6. The fraction of sp³-hybridized carbons (Fsp3) is 0.409. The number of hydrogen-bond acceptors (Lipinski definition) is 4. The van der Waals surface area contributed by atoms with Gasteiger partial charge in [-0.25, -0.2) is 0 Å². The number of piperazine rings is 1. The molecule has 1 N–H and O–H groups in total. The van der Waals surface area contributed by atoms with Crippen LogP contribution in [0.2, 0.25) is 0 Å². The van der Waals surface area contributed by atoms with Crippen molar-refractivity contribution < 1.29 is 9.53 Å². The van der Waals surface area contributed by atoms with Crippen molar-refractivity contribution in [3.05, 3.63) is 62.5 Å². The highest BCUT2D eigenvalue weighted by molar-refractivity contribution is 9.11. The molecule has 2 aliphatic rings. The number of rotatable bonds is 4. The van der Waals surface area contributed by atoms with Crippen molar-refractivity contribution in [2.24, 2.45) is 0 Å². The maximum absolute atomic E-state index is 12.4. The lowest BCUT2D eigenvalue weighted by atomic mass is 9.92. The smallest absolute Gasteiger partial charge is 0.223 e. The molecular formula is C22H27Br2Cl2N3O2. The van der Waals surface area contributed by atoms with Crippen LogP contribution >= 0.6 is 56.7 Å². The molecule has 2 atom stereocenters. The fourth-order valence-corrected chi connectivity index (χ4v) is 5.68. The predicted molar refractivity (Wildman–Crippen MR) is 137 cm³/mol. The van der Waals surface area contributed by atoms with Gasteiger partial charge in [-0.1, -0.05) is 50.1 Å². The van der Waals surface area contributed by atoms with Gasteiger partial charge in [0.15, 0.2) is 0 Å². The number of carbonyl (C=O) groups excluding carboxylic acids is 1. The summed E-state index contributed by atoms with van der Waals surface area (Å²) in [5.41, 5.74) is 3.28. The van der Waals surface area contributed by atoms with Crippen molar-refractivity contribution in [3.8, 4) is 0 Å². The first-order valence-electron chi connectivity index (χ1n) is 9.91. The van der Waals surface area contributed by atoms with Crippen LogP contribution in [0.4, 0.5) is 5.69 Å². The summed E-state index contributed by atoms with van der Waals surface area (Å²) in [6.45, 7) is 6.59. The molecule has 31 heavy (non-hydrogen) atoms. The zero-order valence-corrected chi connectivity index (χ0v) is 22.0. The quantitative estimate of drug-likeness (QED) is 0.543. The largest absolute Gasteiger partial charge is 0.370 e. The number of ether oxygens (including phenoxy) is 1. The number of fused-ring (bicyclic) bond motifs is 1. The standard InChI is InChI=1S/C22H25Br2N3O2.2ClH/c1-15(28)27-13-21(29-14-16-10-17(23)12-18(24)11-16)22(26-8-6-25-7-9-26)19-4-2-3-5-20(19)27;;/h2-5,10-12,21-22,25H,6-9,13-14H2,1H3;2*1H/t21-,22+;;/m1../s1. The lowest BCUT2D eigenvalue weighted by Crippen LogP contribution is -2.54. The van der Waals surface area contributed by atoms with E-state index < -0.39 is 0 Å². The minimum absolute atomic E-state index is 0. The monoisotopic (exact) mass is 593 g/mol. The van der Waals surface area contributed by atoms with Gasteiger partial charge >= 0.3 is 0 Å². The van der Waals surface area contributed by atoms with Gasteiger partial charge in [-0.15, -0.1) is 24.8 Å². The van der Waals surface area contributed by atoms with Gasteiger partial charge in [0.1, 0.15) is 0 Å². The van der Waals surface area contributed by atoms with Crippen LogP contribution in [0.3, 0.4) is 0 Å². The third-order valence-corrected chi connectivity index (χ3v) is 6.49. The summed E-state index contributed by atoms with van der Waals surface area (Å²) in [5, 5.41) is 3.43. The summed E-state index contributed by atoms with van der Waals surface area (Å²) < 4.78 is 8.52. The maximum atomic E-state index is 12.4. The van der Waals surface area contributed by atoms with E-state index >= 15 is 0 Å². The molecular weight excluding hydrogens is 569 g/mol. The van der Waals surface area contributed by atoms with E-state index in [1.807, 2.05) is 23.1 Å². The summed E-state index contributed by atoms with van der Waals surface area (Å²) in [5.74, 6) is 0.0509. The number of hydrogen-bond donors (Lipinski definition) is 1. The first kappa shape index (κ1) is 26.6. The Bertz CT molecular complexity index is 877. The maximum Gasteiger partial charge on any atom is 0.223 e. The molecule has 4 rings (SSSR count). The number of anilines is 1. The Balaban J connectivity index is 0.00000171.